The SMILES string of the molecule is CC(C)(CCBr)NC(=O)c1cc(O)ccc1Cl. The Balaban J connectivity index is 2.86. The summed E-state index contributed by atoms with van der Waals surface area (Å²) in [5, 5.41) is 13.3. The highest BCUT2D eigenvalue weighted by Crippen LogP contribution is 2.22. The number of hydrogen-bond acceptors (Lipinski definition) is 2. The van der Waals surface area contributed by atoms with Crippen LogP contribution in [0.4, 0.5) is 0 Å². The molecule has 94 valence electrons. The van der Waals surface area contributed by atoms with Crippen LogP contribution < -0.4 is 5.32 Å². The lowest BCUT2D eigenvalue weighted by atomic mass is 10.0. The Morgan fingerprint density at radius 2 is 2.18 bits per heavy atom. The molecule has 5 heteroatoms. The van der Waals surface area contributed by atoms with Crippen LogP contribution in [-0.2, 0) is 0 Å². The maximum Gasteiger partial charge on any atom is 0.253 e. The summed E-state index contributed by atoms with van der Waals surface area (Å²) in [7, 11) is 0. The summed E-state index contributed by atoms with van der Waals surface area (Å²) in [4.78, 5) is 12.0. The number of alkyl halides is 1. The molecule has 2 N–H and O–H groups in total. The average molecular weight is 321 g/mol. The van der Waals surface area contributed by atoms with E-state index in [1.807, 2.05) is 13.8 Å². The summed E-state index contributed by atoms with van der Waals surface area (Å²) in [5.41, 5.74) is -0.0376. The van der Waals surface area contributed by atoms with Gasteiger partial charge in [0.25, 0.3) is 5.91 Å². The molecule has 1 aromatic rings. The molecule has 0 aliphatic heterocycles. The van der Waals surface area contributed by atoms with Crippen LogP contribution in [0.3, 0.4) is 0 Å². The molecule has 0 aliphatic carbocycles. The van der Waals surface area contributed by atoms with Crippen molar-refractivity contribution in [2.24, 2.45) is 0 Å². The molecule has 0 unspecified atom stereocenters. The molecular formula is C12H15BrClNO2. The minimum atomic E-state index is -0.324. The quantitative estimate of drug-likeness (QED) is 0.836. The highest BCUT2D eigenvalue weighted by atomic mass is 79.9. The van der Waals surface area contributed by atoms with E-state index in [1.54, 1.807) is 0 Å². The fraction of sp³-hybridized carbons (Fsp3) is 0.417. The van der Waals surface area contributed by atoms with E-state index < -0.39 is 0 Å². The van der Waals surface area contributed by atoms with Crippen LogP contribution in [0.15, 0.2) is 18.2 Å². The van der Waals surface area contributed by atoms with Gasteiger partial charge in [0.1, 0.15) is 5.75 Å². The van der Waals surface area contributed by atoms with Crippen molar-refractivity contribution in [3.8, 4) is 5.75 Å². The van der Waals surface area contributed by atoms with Crippen LogP contribution in [0.1, 0.15) is 30.6 Å². The van der Waals surface area contributed by atoms with Crippen LogP contribution in [0.25, 0.3) is 0 Å². The third-order valence-electron chi connectivity index (χ3n) is 2.37. The zero-order valence-corrected chi connectivity index (χ0v) is 12.1. The van der Waals surface area contributed by atoms with Gasteiger partial charge in [-0.05, 0) is 38.5 Å². The Morgan fingerprint density at radius 1 is 1.53 bits per heavy atom. The van der Waals surface area contributed by atoms with E-state index in [9.17, 15) is 9.90 Å². The zero-order chi connectivity index (χ0) is 13.1. The number of rotatable bonds is 4. The molecule has 0 atom stereocenters. The lowest BCUT2D eigenvalue weighted by molar-refractivity contribution is 0.0911. The molecule has 3 nitrogen and oxygen atoms in total. The summed E-state index contributed by atoms with van der Waals surface area (Å²) in [6, 6.07) is 4.31. The normalized spacial score (nSPS) is 11.3. The lowest BCUT2D eigenvalue weighted by Crippen LogP contribution is -2.43. The van der Waals surface area contributed by atoms with E-state index in [4.69, 9.17) is 11.6 Å². The second-order valence-electron chi connectivity index (χ2n) is 4.44. The minimum absolute atomic E-state index is 0.0258. The highest BCUT2D eigenvalue weighted by Gasteiger charge is 2.21. The third kappa shape index (κ3) is 4.21. The van der Waals surface area contributed by atoms with Crippen LogP contribution >= 0.6 is 27.5 Å². The number of aromatic hydroxyl groups is 1. The molecule has 0 spiro atoms. The van der Waals surface area contributed by atoms with Gasteiger partial charge in [0, 0.05) is 10.9 Å². The van der Waals surface area contributed by atoms with Crippen molar-refractivity contribution in [1.82, 2.24) is 5.32 Å². The summed E-state index contributed by atoms with van der Waals surface area (Å²) in [6.07, 6.45) is 0.801. The Bertz CT molecular complexity index is 421. The molecule has 0 fully saturated rings. The molecule has 1 aromatic carbocycles. The third-order valence-corrected chi connectivity index (χ3v) is 3.09. The largest absolute Gasteiger partial charge is 0.508 e. The summed E-state index contributed by atoms with van der Waals surface area (Å²) >= 11 is 9.26. The minimum Gasteiger partial charge on any atom is -0.508 e. The number of benzene rings is 1. The maximum atomic E-state index is 12.0. The molecule has 0 saturated carbocycles. The van der Waals surface area contributed by atoms with Crippen LogP contribution in [-0.4, -0.2) is 21.9 Å². The molecule has 1 amide bonds. The fourth-order valence-electron chi connectivity index (χ4n) is 1.36. The summed E-state index contributed by atoms with van der Waals surface area (Å²) in [6.45, 7) is 3.87. The van der Waals surface area contributed by atoms with Crippen molar-refractivity contribution < 1.29 is 9.90 Å². The van der Waals surface area contributed by atoms with Crippen molar-refractivity contribution in [1.29, 1.82) is 0 Å². The molecule has 17 heavy (non-hydrogen) atoms. The lowest BCUT2D eigenvalue weighted by Gasteiger charge is -2.25. The first-order valence-corrected chi connectivity index (χ1v) is 6.72. The molecule has 0 aliphatic rings. The van der Waals surface area contributed by atoms with Gasteiger partial charge in [0.05, 0.1) is 10.6 Å². The Morgan fingerprint density at radius 3 is 2.76 bits per heavy atom. The smallest absolute Gasteiger partial charge is 0.253 e. The molecule has 0 bridgehead atoms. The number of hydrogen-bond donors (Lipinski definition) is 2. The number of carbonyl (C=O) groups excluding carboxylic acids is 1. The predicted octanol–water partition coefficient (Wildman–Crippen LogP) is 3.34. The summed E-state index contributed by atoms with van der Waals surface area (Å²) in [5.74, 6) is -0.255. The van der Waals surface area contributed by atoms with Crippen molar-refractivity contribution in [3.05, 3.63) is 28.8 Å². The molecule has 0 heterocycles. The average Bonchev–Trinajstić information content (AvgIpc) is 2.20. The maximum absolute atomic E-state index is 12.0. The molecule has 0 aromatic heterocycles. The van der Waals surface area contributed by atoms with Gasteiger partial charge in [-0.3, -0.25) is 4.79 Å². The molecular weight excluding hydrogens is 305 g/mol. The van der Waals surface area contributed by atoms with E-state index in [-0.39, 0.29) is 22.8 Å². The number of phenolic OH excluding ortho intramolecular Hbond substituents is 1. The van der Waals surface area contributed by atoms with E-state index >= 15 is 0 Å². The van der Waals surface area contributed by atoms with Gasteiger partial charge in [-0.25, -0.2) is 0 Å². The Kier molecular flexibility index (Phi) is 4.83. The van der Waals surface area contributed by atoms with Gasteiger partial charge in [-0.2, -0.15) is 0 Å². The van der Waals surface area contributed by atoms with E-state index in [0.29, 0.717) is 5.02 Å². The van der Waals surface area contributed by atoms with Crippen LogP contribution in [0.2, 0.25) is 5.02 Å². The standard InChI is InChI=1S/C12H15BrClNO2/c1-12(2,5-6-13)15-11(17)9-7-8(16)3-4-10(9)14/h3-4,7,16H,5-6H2,1-2H3,(H,15,17). The van der Waals surface area contributed by atoms with Crippen molar-refractivity contribution in [2.75, 3.05) is 5.33 Å². The van der Waals surface area contributed by atoms with Gasteiger partial charge in [0.2, 0.25) is 0 Å². The molecule has 0 saturated heterocycles. The second kappa shape index (κ2) is 5.74. The second-order valence-corrected chi connectivity index (χ2v) is 5.64. The first-order chi connectivity index (χ1) is 7.85. The van der Waals surface area contributed by atoms with E-state index in [2.05, 4.69) is 21.2 Å². The van der Waals surface area contributed by atoms with Gasteiger partial charge in [-0.15, -0.1) is 0 Å². The van der Waals surface area contributed by atoms with Crippen molar-refractivity contribution >= 4 is 33.4 Å². The highest BCUT2D eigenvalue weighted by molar-refractivity contribution is 9.09. The van der Waals surface area contributed by atoms with E-state index in [1.165, 1.54) is 18.2 Å². The molecule has 0 radical (unpaired) electrons. The van der Waals surface area contributed by atoms with Gasteiger partial charge >= 0.3 is 0 Å². The van der Waals surface area contributed by atoms with Crippen LogP contribution in [0, 0.1) is 0 Å². The first-order valence-electron chi connectivity index (χ1n) is 5.23. The van der Waals surface area contributed by atoms with E-state index in [0.717, 1.165) is 11.8 Å². The number of phenols is 1. The van der Waals surface area contributed by atoms with Crippen molar-refractivity contribution in [2.45, 2.75) is 25.8 Å². The predicted molar refractivity (Wildman–Crippen MR) is 73.1 cm³/mol. The number of carbonyl (C=O) groups is 1. The Labute approximate surface area is 114 Å². The first kappa shape index (κ1) is 14.3. The van der Waals surface area contributed by atoms with Gasteiger partial charge < -0.3 is 10.4 Å². The number of nitrogens with one attached hydrogen (secondary N) is 1. The van der Waals surface area contributed by atoms with Gasteiger partial charge in [0.15, 0.2) is 0 Å². The molecule has 1 rings (SSSR count). The Hall–Kier alpha value is -0.740. The van der Waals surface area contributed by atoms with Crippen molar-refractivity contribution in [3.63, 3.8) is 0 Å². The topological polar surface area (TPSA) is 49.3 Å². The van der Waals surface area contributed by atoms with Crippen LogP contribution in [0.5, 0.6) is 5.75 Å². The zero-order valence-electron chi connectivity index (χ0n) is 9.76. The number of halogens is 2. The number of amides is 1. The van der Waals surface area contributed by atoms with Gasteiger partial charge in [-0.1, -0.05) is 27.5 Å². The summed E-state index contributed by atoms with van der Waals surface area (Å²) < 4.78 is 0. The monoisotopic (exact) mass is 319 g/mol. The fourth-order valence-corrected chi connectivity index (χ4v) is 2.56.